The molecule has 0 radical (unpaired) electrons. The van der Waals surface area contributed by atoms with E-state index >= 15 is 0 Å². The van der Waals surface area contributed by atoms with Crippen molar-refractivity contribution < 1.29 is 55.1 Å². The third-order valence-corrected chi connectivity index (χ3v) is 11.3. The quantitative estimate of drug-likeness (QED) is 0.216. The van der Waals surface area contributed by atoms with Gasteiger partial charge in [0, 0.05) is 11.3 Å². The maximum Gasteiger partial charge on any atom is 0.309 e. The van der Waals surface area contributed by atoms with E-state index < -0.39 is 89.9 Å². The molecule has 0 unspecified atom stereocenters. The molecule has 5 aliphatic rings. The van der Waals surface area contributed by atoms with Crippen molar-refractivity contribution in [3.63, 3.8) is 0 Å². The molecule has 8 N–H and O–H groups in total. The molecule has 1 spiro atoms. The number of hydrogen-bond donors (Lipinski definition) is 8. The van der Waals surface area contributed by atoms with Gasteiger partial charge in [0.25, 0.3) is 0 Å². The highest BCUT2D eigenvalue weighted by Gasteiger charge is 2.74. The summed E-state index contributed by atoms with van der Waals surface area (Å²) in [6.45, 7) is 2.64. The van der Waals surface area contributed by atoms with Crippen LogP contribution in [0.4, 0.5) is 0 Å². The van der Waals surface area contributed by atoms with Gasteiger partial charge in [-0.15, -0.1) is 0 Å². The molecule has 1 heterocycles. The second-order valence-electron chi connectivity index (χ2n) is 13.0. The molecule has 0 aromatic rings. The van der Waals surface area contributed by atoms with E-state index in [2.05, 4.69) is 0 Å². The molecule has 4 saturated carbocycles. The molecule has 11 nitrogen and oxygen atoms in total. The summed E-state index contributed by atoms with van der Waals surface area (Å²) in [5.74, 6) is -1.98. The van der Waals surface area contributed by atoms with Gasteiger partial charge in [0.15, 0.2) is 6.29 Å². The normalized spacial score (nSPS) is 57.4. The van der Waals surface area contributed by atoms with Gasteiger partial charge in [0.05, 0.1) is 36.4 Å². The Morgan fingerprint density at radius 2 is 1.68 bits per heavy atom. The third-order valence-electron chi connectivity index (χ3n) is 11.3. The van der Waals surface area contributed by atoms with Gasteiger partial charge >= 0.3 is 5.97 Å². The van der Waals surface area contributed by atoms with Crippen LogP contribution in [-0.4, -0.2) is 109 Å². The van der Waals surface area contributed by atoms with Gasteiger partial charge in [-0.25, -0.2) is 0 Å². The maximum absolute atomic E-state index is 12.4. The molecule has 37 heavy (non-hydrogen) atoms. The smallest absolute Gasteiger partial charge is 0.309 e. The summed E-state index contributed by atoms with van der Waals surface area (Å²) in [7, 11) is 0. The van der Waals surface area contributed by atoms with Crippen LogP contribution in [0.1, 0.15) is 58.8 Å². The maximum atomic E-state index is 12.4. The first-order valence-corrected chi connectivity index (χ1v) is 13.5. The molecule has 11 heteroatoms. The van der Waals surface area contributed by atoms with Crippen molar-refractivity contribution in [2.75, 3.05) is 13.2 Å². The topological polar surface area (TPSA) is 197 Å². The molecule has 5 rings (SSSR count). The molecular formula is C26H42O11. The van der Waals surface area contributed by atoms with Gasteiger partial charge in [-0.3, -0.25) is 4.79 Å². The summed E-state index contributed by atoms with van der Waals surface area (Å²) in [6, 6.07) is 0. The Morgan fingerprint density at radius 3 is 2.30 bits per heavy atom. The number of carboxylic acids is 1. The lowest BCUT2D eigenvalue weighted by atomic mass is 9.39. The molecule has 4 aliphatic carbocycles. The lowest BCUT2D eigenvalue weighted by molar-refractivity contribution is -0.335. The molecule has 0 aromatic carbocycles. The Morgan fingerprint density at radius 1 is 0.973 bits per heavy atom. The second kappa shape index (κ2) is 9.07. The molecule has 2 bridgehead atoms. The molecule has 14 atom stereocenters. The predicted molar refractivity (Wildman–Crippen MR) is 126 cm³/mol. The fraction of sp³-hybridized carbons (Fsp3) is 0.962. The van der Waals surface area contributed by atoms with Crippen molar-refractivity contribution >= 4 is 5.97 Å². The number of rotatable bonds is 5. The molecular weight excluding hydrogens is 488 g/mol. The second-order valence-corrected chi connectivity index (χ2v) is 13.0. The average molecular weight is 531 g/mol. The number of carboxylic acid groups (broad SMARTS) is 1. The third kappa shape index (κ3) is 3.62. The first kappa shape index (κ1) is 27.7. The lowest BCUT2D eigenvalue weighted by Gasteiger charge is -2.66. The van der Waals surface area contributed by atoms with Crippen LogP contribution in [0.3, 0.4) is 0 Å². The Balaban J connectivity index is 1.50. The largest absolute Gasteiger partial charge is 0.481 e. The summed E-state index contributed by atoms with van der Waals surface area (Å²) >= 11 is 0. The van der Waals surface area contributed by atoms with Crippen molar-refractivity contribution in [3.8, 4) is 0 Å². The summed E-state index contributed by atoms with van der Waals surface area (Å²) in [6.07, 6.45) is -6.18. The Kier molecular flexibility index (Phi) is 6.78. The van der Waals surface area contributed by atoms with E-state index in [1.807, 2.05) is 6.92 Å². The molecule has 0 amide bonds. The van der Waals surface area contributed by atoms with E-state index in [1.165, 1.54) is 0 Å². The SMILES string of the molecule is C[C@]12CCC[C@](C)(C(=O)O)[C@@H]1[C@@H](O)[C@@H](O)[C@@]13C[C@H](CC[C@H]21)[C@@](CO)(O[C@@H]1O[C@H](CO)[C@@H](O)[C@H](O)[C@H]1O)C3. The van der Waals surface area contributed by atoms with Crippen LogP contribution in [0.15, 0.2) is 0 Å². The van der Waals surface area contributed by atoms with Crippen molar-refractivity contribution in [1.29, 1.82) is 0 Å². The number of fused-ring (bicyclic) bond motifs is 3. The van der Waals surface area contributed by atoms with Crippen molar-refractivity contribution in [3.05, 3.63) is 0 Å². The molecule has 0 aromatic heterocycles. The van der Waals surface area contributed by atoms with Crippen LogP contribution in [-0.2, 0) is 14.3 Å². The first-order chi connectivity index (χ1) is 17.3. The number of aliphatic hydroxyl groups excluding tert-OH is 7. The van der Waals surface area contributed by atoms with Crippen molar-refractivity contribution in [2.45, 2.75) is 107 Å². The molecule has 1 saturated heterocycles. The minimum absolute atomic E-state index is 0.120. The summed E-state index contributed by atoms with van der Waals surface area (Å²) in [5, 5.41) is 84.6. The number of hydrogen-bond acceptors (Lipinski definition) is 10. The fourth-order valence-corrected chi connectivity index (χ4v) is 9.67. The predicted octanol–water partition coefficient (Wildman–Crippen LogP) is -1.03. The Hall–Kier alpha value is -0.890. The van der Waals surface area contributed by atoms with Crippen LogP contribution in [0.2, 0.25) is 0 Å². The van der Waals surface area contributed by atoms with Crippen molar-refractivity contribution in [1.82, 2.24) is 0 Å². The van der Waals surface area contributed by atoms with Gasteiger partial charge in [-0.05, 0) is 62.7 Å². The van der Waals surface area contributed by atoms with E-state index in [0.29, 0.717) is 32.1 Å². The number of ether oxygens (including phenoxy) is 2. The molecule has 212 valence electrons. The number of carbonyl (C=O) groups is 1. The van der Waals surface area contributed by atoms with Crippen LogP contribution in [0.25, 0.3) is 0 Å². The van der Waals surface area contributed by atoms with E-state index in [1.54, 1.807) is 6.92 Å². The van der Waals surface area contributed by atoms with Crippen LogP contribution >= 0.6 is 0 Å². The van der Waals surface area contributed by atoms with E-state index in [0.717, 1.165) is 6.42 Å². The van der Waals surface area contributed by atoms with E-state index in [-0.39, 0.29) is 18.3 Å². The standard InChI is InChI=1S/C26H42O11/c1-23-6-3-7-24(2,22(34)35)19(23)18(32)20(33)25-8-12(4-5-14(23)25)26(10-25,11-28)37-21-17(31)16(30)15(29)13(9-27)36-21/h12-21,27-33H,3-11H2,1-2H3,(H,34,35)/t12-,13+,14+,15+,16-,17+,18+,19+,20+,21-,23+,24-,25+,26+/m0/s1. The van der Waals surface area contributed by atoms with Gasteiger partial charge in [0.2, 0.25) is 0 Å². The van der Waals surface area contributed by atoms with Crippen molar-refractivity contribution in [2.24, 2.45) is 34.0 Å². The highest BCUT2D eigenvalue weighted by molar-refractivity contribution is 5.75. The minimum Gasteiger partial charge on any atom is -0.481 e. The van der Waals surface area contributed by atoms with E-state index in [9.17, 15) is 45.6 Å². The van der Waals surface area contributed by atoms with Gasteiger partial charge in [0.1, 0.15) is 24.4 Å². The molecule has 5 fully saturated rings. The van der Waals surface area contributed by atoms with Gasteiger partial charge in [-0.1, -0.05) is 13.3 Å². The summed E-state index contributed by atoms with van der Waals surface area (Å²) in [5.41, 5.74) is -3.84. The Labute approximate surface area is 216 Å². The number of aliphatic carboxylic acids is 1. The van der Waals surface area contributed by atoms with Crippen LogP contribution in [0, 0.1) is 34.0 Å². The highest BCUT2D eigenvalue weighted by Crippen LogP contribution is 2.73. The highest BCUT2D eigenvalue weighted by atomic mass is 16.7. The summed E-state index contributed by atoms with van der Waals surface area (Å²) < 4.78 is 11.8. The summed E-state index contributed by atoms with van der Waals surface area (Å²) in [4.78, 5) is 12.4. The Bertz CT molecular complexity index is 900. The minimum atomic E-state index is -1.63. The molecule has 1 aliphatic heterocycles. The monoisotopic (exact) mass is 530 g/mol. The van der Waals surface area contributed by atoms with Gasteiger partial charge < -0.3 is 50.3 Å². The zero-order chi connectivity index (χ0) is 27.1. The fourth-order valence-electron chi connectivity index (χ4n) is 9.67. The van der Waals surface area contributed by atoms with Gasteiger partial charge in [-0.2, -0.15) is 0 Å². The first-order valence-electron chi connectivity index (χ1n) is 13.5. The lowest BCUT2D eigenvalue weighted by Crippen LogP contribution is -2.69. The zero-order valence-corrected chi connectivity index (χ0v) is 21.4. The van der Waals surface area contributed by atoms with Crippen LogP contribution < -0.4 is 0 Å². The van der Waals surface area contributed by atoms with E-state index in [4.69, 9.17) is 9.47 Å². The number of aliphatic hydroxyl groups is 7. The zero-order valence-electron chi connectivity index (χ0n) is 21.4. The average Bonchev–Trinajstić information content (AvgIpc) is 3.10. The van der Waals surface area contributed by atoms with Crippen LogP contribution in [0.5, 0.6) is 0 Å².